The molecule has 0 N–H and O–H groups in total. The molecule has 0 spiro atoms. The van der Waals surface area contributed by atoms with Crippen LogP contribution >= 0.6 is 11.6 Å². The summed E-state index contributed by atoms with van der Waals surface area (Å²) in [6.45, 7) is 0.404. The largest absolute Gasteiger partial charge is 0.408 e. The van der Waals surface area contributed by atoms with Crippen LogP contribution in [0.5, 0.6) is 0 Å². The monoisotopic (exact) mass is 241 g/mol. The van der Waals surface area contributed by atoms with E-state index < -0.39 is 4.92 Å². The van der Waals surface area contributed by atoms with Crippen molar-refractivity contribution in [1.29, 1.82) is 0 Å². The van der Waals surface area contributed by atoms with E-state index in [1.807, 2.05) is 0 Å². The quantitative estimate of drug-likeness (QED) is 0.598. The van der Waals surface area contributed by atoms with E-state index in [0.717, 1.165) is 5.56 Å². The highest BCUT2D eigenvalue weighted by molar-refractivity contribution is 6.32. The normalized spacial score (nSPS) is 10.6. The zero-order chi connectivity index (χ0) is 11.7. The van der Waals surface area contributed by atoms with E-state index >= 15 is 0 Å². The molecule has 0 unspecified atom stereocenters. The molecule has 8 heteroatoms. The zero-order valence-electron chi connectivity index (χ0n) is 8.37. The fourth-order valence-corrected chi connectivity index (χ4v) is 1.55. The van der Waals surface area contributed by atoms with E-state index in [1.165, 1.54) is 10.9 Å². The third kappa shape index (κ3) is 2.03. The summed E-state index contributed by atoms with van der Waals surface area (Å²) in [6.07, 6.45) is 4.90. The molecule has 16 heavy (non-hydrogen) atoms. The van der Waals surface area contributed by atoms with Gasteiger partial charge in [-0.05, 0) is 4.92 Å². The van der Waals surface area contributed by atoms with Gasteiger partial charge in [0.25, 0.3) is 0 Å². The van der Waals surface area contributed by atoms with Gasteiger partial charge in [0.2, 0.25) is 0 Å². The van der Waals surface area contributed by atoms with Crippen LogP contribution in [0.25, 0.3) is 0 Å². The van der Waals surface area contributed by atoms with Crippen molar-refractivity contribution >= 4 is 17.4 Å². The SMILES string of the molecule is Cn1cc(Cn2cc(Cl)c([N+](=O)[O-])n2)cn1. The van der Waals surface area contributed by atoms with Crippen molar-refractivity contribution in [2.45, 2.75) is 6.54 Å². The number of halogens is 1. The van der Waals surface area contributed by atoms with Gasteiger partial charge < -0.3 is 10.1 Å². The summed E-state index contributed by atoms with van der Waals surface area (Å²) in [5.74, 6) is -0.328. The highest BCUT2D eigenvalue weighted by Gasteiger charge is 2.19. The van der Waals surface area contributed by atoms with Crippen molar-refractivity contribution < 1.29 is 4.92 Å². The lowest BCUT2D eigenvalue weighted by Gasteiger charge is -1.91. The van der Waals surface area contributed by atoms with Crippen LogP contribution in [0.1, 0.15) is 5.56 Å². The highest BCUT2D eigenvalue weighted by atomic mass is 35.5. The Morgan fingerprint density at radius 1 is 1.56 bits per heavy atom. The van der Waals surface area contributed by atoms with Gasteiger partial charge in [0.1, 0.15) is 0 Å². The van der Waals surface area contributed by atoms with E-state index in [4.69, 9.17) is 11.6 Å². The first-order valence-electron chi connectivity index (χ1n) is 4.41. The Morgan fingerprint density at radius 3 is 2.81 bits per heavy atom. The molecule has 0 fully saturated rings. The average molecular weight is 242 g/mol. The third-order valence-corrected chi connectivity index (χ3v) is 2.24. The Bertz CT molecular complexity index is 532. The van der Waals surface area contributed by atoms with Gasteiger partial charge in [0.05, 0.1) is 24.0 Å². The Labute approximate surface area is 95.4 Å². The second kappa shape index (κ2) is 3.93. The minimum absolute atomic E-state index is 0.0360. The van der Waals surface area contributed by atoms with Crippen LogP contribution in [-0.4, -0.2) is 24.5 Å². The molecule has 2 aromatic heterocycles. The molecule has 0 aliphatic carbocycles. The van der Waals surface area contributed by atoms with Crippen molar-refractivity contribution in [2.75, 3.05) is 0 Å². The van der Waals surface area contributed by atoms with Crippen molar-refractivity contribution in [1.82, 2.24) is 19.6 Å². The number of rotatable bonds is 3. The molecule has 0 saturated heterocycles. The first-order valence-corrected chi connectivity index (χ1v) is 4.79. The number of hydrogen-bond donors (Lipinski definition) is 0. The van der Waals surface area contributed by atoms with Gasteiger partial charge in [0.15, 0.2) is 5.02 Å². The Balaban J connectivity index is 2.22. The molecule has 7 nitrogen and oxygen atoms in total. The topological polar surface area (TPSA) is 78.8 Å². The Morgan fingerprint density at radius 2 is 2.31 bits per heavy atom. The predicted octanol–water partition coefficient (Wildman–Crippen LogP) is 1.23. The number of nitro groups is 1. The van der Waals surface area contributed by atoms with E-state index in [9.17, 15) is 10.1 Å². The van der Waals surface area contributed by atoms with E-state index in [1.54, 1.807) is 24.1 Å². The second-order valence-electron chi connectivity index (χ2n) is 3.28. The maximum atomic E-state index is 10.5. The number of nitrogens with zero attached hydrogens (tertiary/aromatic N) is 5. The molecule has 0 aliphatic heterocycles. The molecular weight excluding hydrogens is 234 g/mol. The maximum Gasteiger partial charge on any atom is 0.408 e. The predicted molar refractivity (Wildman–Crippen MR) is 56.2 cm³/mol. The van der Waals surface area contributed by atoms with Crippen molar-refractivity contribution in [3.05, 3.63) is 39.3 Å². The number of aromatic nitrogens is 4. The number of hydrogen-bond acceptors (Lipinski definition) is 4. The molecule has 2 heterocycles. The smallest absolute Gasteiger partial charge is 0.358 e. The first-order chi connectivity index (χ1) is 7.56. The minimum Gasteiger partial charge on any atom is -0.358 e. The lowest BCUT2D eigenvalue weighted by Crippen LogP contribution is -2.00. The van der Waals surface area contributed by atoms with Crippen LogP contribution in [0.2, 0.25) is 5.02 Å². The fourth-order valence-electron chi connectivity index (χ4n) is 1.33. The van der Waals surface area contributed by atoms with Gasteiger partial charge in [-0.25, -0.2) is 0 Å². The standard InChI is InChI=1S/C8H8ClN5O2/c1-12-3-6(2-10-12)4-13-5-7(9)8(11-13)14(15)16/h2-3,5H,4H2,1H3. The molecule has 0 aromatic carbocycles. The fraction of sp³-hybridized carbons (Fsp3) is 0.250. The lowest BCUT2D eigenvalue weighted by molar-refractivity contribution is -0.389. The van der Waals surface area contributed by atoms with Crippen LogP contribution in [-0.2, 0) is 13.6 Å². The molecule has 0 radical (unpaired) electrons. The van der Waals surface area contributed by atoms with Crippen molar-refractivity contribution in [3.8, 4) is 0 Å². The summed E-state index contributed by atoms with van der Waals surface area (Å²) in [4.78, 5) is 9.91. The van der Waals surface area contributed by atoms with E-state index in [2.05, 4.69) is 10.2 Å². The summed E-state index contributed by atoms with van der Waals surface area (Å²) in [5, 5.41) is 18.3. The van der Waals surface area contributed by atoms with Crippen LogP contribution in [0, 0.1) is 10.1 Å². The lowest BCUT2D eigenvalue weighted by atomic mass is 10.4. The van der Waals surface area contributed by atoms with Gasteiger partial charge in [0, 0.05) is 18.8 Å². The van der Waals surface area contributed by atoms with Crippen molar-refractivity contribution in [3.63, 3.8) is 0 Å². The van der Waals surface area contributed by atoms with Gasteiger partial charge in [-0.3, -0.25) is 4.68 Å². The van der Waals surface area contributed by atoms with Crippen LogP contribution in [0.3, 0.4) is 0 Å². The van der Waals surface area contributed by atoms with Crippen molar-refractivity contribution in [2.24, 2.45) is 7.05 Å². The van der Waals surface area contributed by atoms with Gasteiger partial charge in [-0.2, -0.15) is 9.78 Å². The molecule has 0 saturated carbocycles. The van der Waals surface area contributed by atoms with E-state index in [0.29, 0.717) is 6.54 Å². The summed E-state index contributed by atoms with van der Waals surface area (Å²) in [7, 11) is 1.79. The molecular formula is C8H8ClN5O2. The maximum absolute atomic E-state index is 10.5. The molecule has 84 valence electrons. The van der Waals surface area contributed by atoms with Crippen LogP contribution in [0.15, 0.2) is 18.6 Å². The zero-order valence-corrected chi connectivity index (χ0v) is 9.13. The summed E-state index contributed by atoms with van der Waals surface area (Å²) < 4.78 is 3.06. The first kappa shape index (κ1) is 10.6. The molecule has 0 aliphatic rings. The summed E-state index contributed by atoms with van der Waals surface area (Å²) >= 11 is 5.67. The van der Waals surface area contributed by atoms with Gasteiger partial charge in [-0.15, -0.1) is 0 Å². The number of aryl methyl sites for hydroxylation is 1. The van der Waals surface area contributed by atoms with Gasteiger partial charge >= 0.3 is 5.82 Å². The Kier molecular flexibility index (Phi) is 2.61. The van der Waals surface area contributed by atoms with Crippen LogP contribution < -0.4 is 0 Å². The third-order valence-electron chi connectivity index (χ3n) is 1.98. The van der Waals surface area contributed by atoms with Crippen LogP contribution in [0.4, 0.5) is 5.82 Å². The summed E-state index contributed by atoms with van der Waals surface area (Å²) in [5.41, 5.74) is 0.900. The van der Waals surface area contributed by atoms with Gasteiger partial charge in [-0.1, -0.05) is 11.6 Å². The Hall–Kier alpha value is -1.89. The molecule has 0 amide bonds. The summed E-state index contributed by atoms with van der Waals surface area (Å²) in [6, 6.07) is 0. The average Bonchev–Trinajstić information content (AvgIpc) is 2.73. The molecule has 0 bridgehead atoms. The minimum atomic E-state index is -0.609. The highest BCUT2D eigenvalue weighted by Crippen LogP contribution is 2.21. The molecule has 2 aromatic rings. The molecule has 2 rings (SSSR count). The van der Waals surface area contributed by atoms with E-state index in [-0.39, 0.29) is 10.8 Å². The second-order valence-corrected chi connectivity index (χ2v) is 3.68. The molecule has 0 atom stereocenters.